The van der Waals surface area contributed by atoms with Gasteiger partial charge in [-0.15, -0.1) is 0 Å². The van der Waals surface area contributed by atoms with Crippen molar-refractivity contribution in [2.24, 2.45) is 16.7 Å². The van der Waals surface area contributed by atoms with Crippen molar-refractivity contribution in [2.45, 2.75) is 85.2 Å². The third-order valence-electron chi connectivity index (χ3n) is 5.12. The van der Waals surface area contributed by atoms with E-state index in [1.165, 1.54) is 38.5 Å². The highest BCUT2D eigenvalue weighted by Gasteiger charge is 2.38. The van der Waals surface area contributed by atoms with E-state index in [-0.39, 0.29) is 0 Å². The molecule has 0 aromatic heterocycles. The molecule has 0 radical (unpaired) electrons. The molecule has 0 bridgehead atoms. The third kappa shape index (κ3) is 3.47. The van der Waals surface area contributed by atoms with Crippen molar-refractivity contribution < 1.29 is 0 Å². The van der Waals surface area contributed by atoms with Crippen molar-refractivity contribution >= 4 is 0 Å². The van der Waals surface area contributed by atoms with Crippen LogP contribution in [0.5, 0.6) is 0 Å². The maximum atomic E-state index is 3.96. The quantitative estimate of drug-likeness (QED) is 0.752. The second kappa shape index (κ2) is 4.57. The minimum Gasteiger partial charge on any atom is -0.311 e. The lowest BCUT2D eigenvalue weighted by Crippen LogP contribution is -2.43. The molecule has 2 rings (SSSR count). The van der Waals surface area contributed by atoms with Crippen molar-refractivity contribution in [1.82, 2.24) is 5.32 Å². The smallest absolute Gasteiger partial charge is 0.0101 e. The van der Waals surface area contributed by atoms with Gasteiger partial charge in [-0.2, -0.15) is 0 Å². The molecule has 2 aliphatic rings. The first-order valence-corrected chi connectivity index (χ1v) is 7.54. The highest BCUT2D eigenvalue weighted by molar-refractivity contribution is 4.94. The topological polar surface area (TPSA) is 12.0 Å². The van der Waals surface area contributed by atoms with Gasteiger partial charge >= 0.3 is 0 Å². The zero-order valence-corrected chi connectivity index (χ0v) is 12.5. The van der Waals surface area contributed by atoms with Gasteiger partial charge in [0.25, 0.3) is 0 Å². The molecule has 0 aliphatic heterocycles. The molecule has 1 N–H and O–H groups in total. The minimum atomic E-state index is 0.561. The molecular formula is C16H31N. The fraction of sp³-hybridized carbons (Fsp3) is 1.00. The number of hydrogen-bond donors (Lipinski definition) is 1. The van der Waals surface area contributed by atoms with Gasteiger partial charge < -0.3 is 5.32 Å². The molecular weight excluding hydrogens is 206 g/mol. The summed E-state index contributed by atoms with van der Waals surface area (Å²) in [7, 11) is 0. The van der Waals surface area contributed by atoms with Crippen molar-refractivity contribution in [3.05, 3.63) is 0 Å². The molecule has 17 heavy (non-hydrogen) atoms. The Morgan fingerprint density at radius 1 is 0.882 bits per heavy atom. The first-order valence-electron chi connectivity index (χ1n) is 7.54. The molecule has 0 amide bonds. The van der Waals surface area contributed by atoms with Crippen LogP contribution in [0.25, 0.3) is 0 Å². The number of rotatable bonds is 2. The average molecular weight is 237 g/mol. The molecule has 2 atom stereocenters. The lowest BCUT2D eigenvalue weighted by atomic mass is 9.75. The van der Waals surface area contributed by atoms with E-state index in [9.17, 15) is 0 Å². The second-order valence-electron chi connectivity index (χ2n) is 8.26. The zero-order valence-electron chi connectivity index (χ0n) is 12.5. The monoisotopic (exact) mass is 237 g/mol. The summed E-state index contributed by atoms with van der Waals surface area (Å²) in [4.78, 5) is 0. The summed E-state index contributed by atoms with van der Waals surface area (Å²) in [5, 5.41) is 3.96. The molecule has 2 saturated carbocycles. The standard InChI is InChI=1S/C16H31N/c1-12-10-16(4,5)11-14(12)17-13-6-8-15(2,3)9-7-13/h12-14,17H,6-11H2,1-5H3. The van der Waals surface area contributed by atoms with E-state index in [4.69, 9.17) is 0 Å². The Morgan fingerprint density at radius 2 is 1.47 bits per heavy atom. The van der Waals surface area contributed by atoms with Crippen molar-refractivity contribution in [2.75, 3.05) is 0 Å². The van der Waals surface area contributed by atoms with Gasteiger partial charge in [-0.05, 0) is 55.3 Å². The summed E-state index contributed by atoms with van der Waals surface area (Å²) in [6, 6.07) is 1.57. The fourth-order valence-electron chi connectivity index (χ4n) is 3.99. The molecule has 0 aromatic carbocycles. The van der Waals surface area contributed by atoms with E-state index in [0.717, 1.165) is 18.0 Å². The van der Waals surface area contributed by atoms with Crippen LogP contribution in [0.1, 0.15) is 73.1 Å². The van der Waals surface area contributed by atoms with Crippen LogP contribution in [0.3, 0.4) is 0 Å². The highest BCUT2D eigenvalue weighted by Crippen LogP contribution is 2.42. The number of hydrogen-bond acceptors (Lipinski definition) is 1. The molecule has 2 unspecified atom stereocenters. The molecule has 0 spiro atoms. The van der Waals surface area contributed by atoms with E-state index >= 15 is 0 Å². The first kappa shape index (κ1) is 13.4. The molecule has 0 saturated heterocycles. The van der Waals surface area contributed by atoms with Crippen molar-refractivity contribution in [3.63, 3.8) is 0 Å². The van der Waals surface area contributed by atoms with Gasteiger partial charge in [0, 0.05) is 12.1 Å². The highest BCUT2D eigenvalue weighted by atomic mass is 15.0. The SMILES string of the molecule is CC1CC(C)(C)CC1NC1CCC(C)(C)CC1. The molecule has 0 aromatic rings. The summed E-state index contributed by atoms with van der Waals surface area (Å²) in [6.07, 6.45) is 8.33. The minimum absolute atomic E-state index is 0.561. The largest absolute Gasteiger partial charge is 0.311 e. The Labute approximate surface area is 108 Å². The summed E-state index contributed by atoms with van der Waals surface area (Å²) in [6.45, 7) is 12.1. The van der Waals surface area contributed by atoms with Crippen LogP contribution in [-0.4, -0.2) is 12.1 Å². The predicted octanol–water partition coefficient (Wildman–Crippen LogP) is 4.37. The normalized spacial score (nSPS) is 37.2. The maximum absolute atomic E-state index is 3.96. The van der Waals surface area contributed by atoms with Gasteiger partial charge in [-0.25, -0.2) is 0 Å². The zero-order chi connectivity index (χ0) is 12.7. The van der Waals surface area contributed by atoms with Crippen LogP contribution in [0.15, 0.2) is 0 Å². The van der Waals surface area contributed by atoms with E-state index in [1.807, 2.05) is 0 Å². The summed E-state index contributed by atoms with van der Waals surface area (Å²) >= 11 is 0. The second-order valence-corrected chi connectivity index (χ2v) is 8.26. The van der Waals surface area contributed by atoms with Crippen molar-refractivity contribution in [1.29, 1.82) is 0 Å². The van der Waals surface area contributed by atoms with E-state index in [1.54, 1.807) is 0 Å². The molecule has 1 heteroatoms. The summed E-state index contributed by atoms with van der Waals surface area (Å²) < 4.78 is 0. The Balaban J connectivity index is 1.83. The lowest BCUT2D eigenvalue weighted by molar-refractivity contribution is 0.191. The van der Waals surface area contributed by atoms with E-state index in [2.05, 4.69) is 39.9 Å². The van der Waals surface area contributed by atoms with Gasteiger partial charge in [0.05, 0.1) is 0 Å². The Hall–Kier alpha value is -0.0400. The van der Waals surface area contributed by atoms with Gasteiger partial charge in [0.2, 0.25) is 0 Å². The molecule has 0 heterocycles. The summed E-state index contributed by atoms with van der Waals surface area (Å²) in [5.74, 6) is 0.861. The van der Waals surface area contributed by atoms with Crippen LogP contribution < -0.4 is 5.32 Å². The van der Waals surface area contributed by atoms with Crippen LogP contribution >= 0.6 is 0 Å². The van der Waals surface area contributed by atoms with Gasteiger partial charge in [-0.1, -0.05) is 34.6 Å². The third-order valence-corrected chi connectivity index (χ3v) is 5.12. The summed E-state index contributed by atoms with van der Waals surface area (Å²) in [5.41, 5.74) is 1.16. The Bertz CT molecular complexity index is 257. The molecule has 1 nitrogen and oxygen atoms in total. The van der Waals surface area contributed by atoms with E-state index in [0.29, 0.717) is 10.8 Å². The molecule has 2 fully saturated rings. The fourth-order valence-corrected chi connectivity index (χ4v) is 3.99. The Kier molecular flexibility index (Phi) is 3.60. The van der Waals surface area contributed by atoms with Crippen LogP contribution in [-0.2, 0) is 0 Å². The van der Waals surface area contributed by atoms with Crippen LogP contribution in [0, 0.1) is 16.7 Å². The van der Waals surface area contributed by atoms with Crippen molar-refractivity contribution in [3.8, 4) is 0 Å². The maximum Gasteiger partial charge on any atom is 0.0101 e. The van der Waals surface area contributed by atoms with Gasteiger partial charge in [0.15, 0.2) is 0 Å². The van der Waals surface area contributed by atoms with Crippen LogP contribution in [0.4, 0.5) is 0 Å². The lowest BCUT2D eigenvalue weighted by Gasteiger charge is -2.36. The van der Waals surface area contributed by atoms with E-state index < -0.39 is 0 Å². The predicted molar refractivity (Wildman–Crippen MR) is 75.1 cm³/mol. The molecule has 2 aliphatic carbocycles. The number of nitrogens with one attached hydrogen (secondary N) is 1. The van der Waals surface area contributed by atoms with Gasteiger partial charge in [-0.3, -0.25) is 0 Å². The van der Waals surface area contributed by atoms with Crippen LogP contribution in [0.2, 0.25) is 0 Å². The average Bonchev–Trinajstić information content (AvgIpc) is 2.43. The Morgan fingerprint density at radius 3 is 1.94 bits per heavy atom. The van der Waals surface area contributed by atoms with Gasteiger partial charge in [0.1, 0.15) is 0 Å². The molecule has 100 valence electrons. The first-order chi connectivity index (χ1) is 7.77.